The van der Waals surface area contributed by atoms with Gasteiger partial charge < -0.3 is 4.74 Å². The summed E-state index contributed by atoms with van der Waals surface area (Å²) in [6.45, 7) is 0.816. The van der Waals surface area contributed by atoms with E-state index >= 15 is 0 Å². The van der Waals surface area contributed by atoms with Gasteiger partial charge in [0, 0.05) is 50.6 Å². The maximum absolute atomic E-state index is 13.8. The van der Waals surface area contributed by atoms with E-state index in [1.165, 1.54) is 14.7 Å². The number of carbonyl (C=O) groups is 1. The van der Waals surface area contributed by atoms with E-state index in [0.29, 0.717) is 26.1 Å². The van der Waals surface area contributed by atoms with E-state index in [9.17, 15) is 21.6 Å². The first-order valence-electron chi connectivity index (χ1n) is 13.3. The molecular formula is C25H34N4O7S3. The van der Waals surface area contributed by atoms with Gasteiger partial charge in [-0.1, -0.05) is 36.8 Å². The number of hydroxylamine groups is 1. The Balaban J connectivity index is 1.39. The van der Waals surface area contributed by atoms with E-state index in [4.69, 9.17) is 9.57 Å². The number of nitrogens with one attached hydrogen (secondary N) is 1. The number of benzene rings is 1. The Kier molecular flexibility index (Phi) is 9.03. The van der Waals surface area contributed by atoms with Crippen molar-refractivity contribution in [1.29, 1.82) is 0 Å². The Bertz CT molecular complexity index is 1340. The molecule has 5 rings (SSSR count). The number of hydrogen-bond acceptors (Lipinski definition) is 8. The minimum absolute atomic E-state index is 0.0502. The normalized spacial score (nSPS) is 24.4. The van der Waals surface area contributed by atoms with Gasteiger partial charge in [0.05, 0.1) is 0 Å². The highest BCUT2D eigenvalue weighted by Gasteiger charge is 2.45. The molecule has 214 valence electrons. The Morgan fingerprint density at radius 2 is 1.67 bits per heavy atom. The Hall–Kier alpha value is -1.91. The second-order valence-corrected chi connectivity index (χ2v) is 15.0. The molecule has 3 fully saturated rings. The summed E-state index contributed by atoms with van der Waals surface area (Å²) in [5, 5.41) is 0. The van der Waals surface area contributed by atoms with Crippen molar-refractivity contribution in [2.75, 3.05) is 39.3 Å². The lowest BCUT2D eigenvalue weighted by atomic mass is 10.2. The zero-order chi connectivity index (χ0) is 27.5. The van der Waals surface area contributed by atoms with Crippen molar-refractivity contribution in [3.05, 3.63) is 42.5 Å². The largest absolute Gasteiger partial charge is 0.350 e. The summed E-state index contributed by atoms with van der Waals surface area (Å²) in [7, 11) is -7.96. The molecular weight excluding hydrogens is 564 g/mol. The van der Waals surface area contributed by atoms with Crippen LogP contribution >= 0.6 is 11.3 Å². The SMILES string of the molecule is O=C(NOC1CCCCO1)[C@H]1CN(S(=O)(=O)N2CCCCC2)CCN1S(=O)(=O)c1ccc(-c2ccccc2)s1. The van der Waals surface area contributed by atoms with E-state index in [-0.39, 0.29) is 23.8 Å². The van der Waals surface area contributed by atoms with Gasteiger partial charge in [-0.25, -0.2) is 18.7 Å². The molecule has 0 bridgehead atoms. The van der Waals surface area contributed by atoms with Gasteiger partial charge in [-0.05, 0) is 43.4 Å². The molecule has 39 heavy (non-hydrogen) atoms. The first-order chi connectivity index (χ1) is 18.8. The number of piperazine rings is 1. The molecule has 3 saturated heterocycles. The highest BCUT2D eigenvalue weighted by Crippen LogP contribution is 2.34. The monoisotopic (exact) mass is 598 g/mol. The number of carbonyl (C=O) groups excluding carboxylic acids is 1. The first-order valence-corrected chi connectivity index (χ1v) is 16.9. The van der Waals surface area contributed by atoms with Crippen molar-refractivity contribution >= 4 is 37.5 Å². The number of hydrogen-bond donors (Lipinski definition) is 1. The molecule has 1 aromatic heterocycles. The number of sulfonamides is 1. The molecule has 2 aromatic rings. The van der Waals surface area contributed by atoms with Crippen LogP contribution in [0.3, 0.4) is 0 Å². The fourth-order valence-corrected chi connectivity index (χ4v) is 9.74. The van der Waals surface area contributed by atoms with Crippen molar-refractivity contribution in [2.24, 2.45) is 0 Å². The van der Waals surface area contributed by atoms with E-state index in [0.717, 1.165) is 58.2 Å². The topological polar surface area (TPSA) is 126 Å². The predicted molar refractivity (Wildman–Crippen MR) is 146 cm³/mol. The third kappa shape index (κ3) is 6.38. The van der Waals surface area contributed by atoms with Crippen molar-refractivity contribution < 1.29 is 31.2 Å². The quantitative estimate of drug-likeness (QED) is 0.463. The van der Waals surface area contributed by atoms with E-state index in [1.807, 2.05) is 30.3 Å². The predicted octanol–water partition coefficient (Wildman–Crippen LogP) is 2.40. The zero-order valence-electron chi connectivity index (χ0n) is 21.6. The molecule has 2 atom stereocenters. The van der Waals surface area contributed by atoms with Crippen LogP contribution in [0.15, 0.2) is 46.7 Å². The molecule has 0 radical (unpaired) electrons. The van der Waals surface area contributed by atoms with Gasteiger partial charge in [0.25, 0.3) is 26.1 Å². The van der Waals surface area contributed by atoms with Crippen LogP contribution in [0.1, 0.15) is 38.5 Å². The summed E-state index contributed by atoms with van der Waals surface area (Å²) in [4.78, 5) is 19.6. The standard InChI is InChI=1S/C25H34N4O7S3/c30-25(26-36-23-11-5-8-18-35-23)21-19-28(39(33,34)27-14-6-2-7-15-27)16-17-29(21)38(31,32)24-13-12-22(37-24)20-9-3-1-4-10-20/h1,3-4,9-10,12-13,21,23H,2,5-8,11,14-19H2,(H,26,30)/t21-,23?/m1/s1. The maximum atomic E-state index is 13.8. The molecule has 1 amide bonds. The summed E-state index contributed by atoms with van der Waals surface area (Å²) < 4.78 is 63.8. The van der Waals surface area contributed by atoms with E-state index < -0.39 is 38.5 Å². The highest BCUT2D eigenvalue weighted by atomic mass is 32.2. The second-order valence-electron chi connectivity index (χ2n) is 9.82. The van der Waals surface area contributed by atoms with Crippen LogP contribution in [0.25, 0.3) is 10.4 Å². The number of amides is 1. The molecule has 0 spiro atoms. The number of ether oxygens (including phenoxy) is 1. The van der Waals surface area contributed by atoms with Crippen molar-refractivity contribution in [3.63, 3.8) is 0 Å². The molecule has 14 heteroatoms. The Morgan fingerprint density at radius 1 is 0.897 bits per heavy atom. The number of rotatable bonds is 8. The van der Waals surface area contributed by atoms with Crippen LogP contribution in [-0.2, 0) is 34.6 Å². The Labute approximate surface area is 233 Å². The molecule has 0 aliphatic carbocycles. The smallest absolute Gasteiger partial charge is 0.282 e. The number of piperidine rings is 1. The van der Waals surface area contributed by atoms with Crippen LogP contribution < -0.4 is 5.48 Å². The van der Waals surface area contributed by atoms with Gasteiger partial charge in [0.1, 0.15) is 10.3 Å². The lowest BCUT2D eigenvalue weighted by molar-refractivity contribution is -0.202. The van der Waals surface area contributed by atoms with Gasteiger partial charge in [-0.3, -0.25) is 4.79 Å². The lowest BCUT2D eigenvalue weighted by Crippen LogP contribution is -2.63. The third-order valence-corrected chi connectivity index (χ3v) is 12.7. The number of nitrogens with zero attached hydrogens (tertiary/aromatic N) is 3. The summed E-state index contributed by atoms with van der Waals surface area (Å²) in [6, 6.07) is 11.4. The van der Waals surface area contributed by atoms with Gasteiger partial charge >= 0.3 is 0 Å². The highest BCUT2D eigenvalue weighted by molar-refractivity contribution is 7.91. The summed E-state index contributed by atoms with van der Waals surface area (Å²) >= 11 is 1.11. The summed E-state index contributed by atoms with van der Waals surface area (Å²) in [5.41, 5.74) is 3.24. The van der Waals surface area contributed by atoms with Crippen LogP contribution in [0.4, 0.5) is 0 Å². The van der Waals surface area contributed by atoms with Crippen LogP contribution in [0.5, 0.6) is 0 Å². The third-order valence-electron chi connectivity index (χ3n) is 7.20. The van der Waals surface area contributed by atoms with Crippen molar-refractivity contribution in [2.45, 2.75) is 55.1 Å². The van der Waals surface area contributed by atoms with Crippen molar-refractivity contribution in [3.8, 4) is 10.4 Å². The van der Waals surface area contributed by atoms with Crippen LogP contribution in [0.2, 0.25) is 0 Å². The fraction of sp³-hybridized carbons (Fsp3) is 0.560. The van der Waals surface area contributed by atoms with E-state index in [2.05, 4.69) is 5.48 Å². The minimum Gasteiger partial charge on any atom is -0.350 e. The van der Waals surface area contributed by atoms with Gasteiger partial charge in [-0.15, -0.1) is 11.3 Å². The van der Waals surface area contributed by atoms with E-state index in [1.54, 1.807) is 6.07 Å². The summed E-state index contributed by atoms with van der Waals surface area (Å²) in [6.07, 6.45) is 4.26. The summed E-state index contributed by atoms with van der Waals surface area (Å²) in [5.74, 6) is -0.730. The molecule has 1 N–H and O–H groups in total. The molecule has 3 aliphatic rings. The zero-order valence-corrected chi connectivity index (χ0v) is 24.1. The maximum Gasteiger partial charge on any atom is 0.282 e. The van der Waals surface area contributed by atoms with Gasteiger partial charge in [0.2, 0.25) is 0 Å². The fourth-order valence-electron chi connectivity index (χ4n) is 5.04. The molecule has 0 saturated carbocycles. The van der Waals surface area contributed by atoms with Gasteiger partial charge in [0.15, 0.2) is 6.29 Å². The second kappa shape index (κ2) is 12.3. The average Bonchev–Trinajstić information content (AvgIpc) is 3.49. The van der Waals surface area contributed by atoms with Crippen LogP contribution in [0, 0.1) is 0 Å². The van der Waals surface area contributed by atoms with Crippen molar-refractivity contribution in [1.82, 2.24) is 18.4 Å². The lowest BCUT2D eigenvalue weighted by Gasteiger charge is -2.40. The molecule has 1 aromatic carbocycles. The Morgan fingerprint density at radius 3 is 2.38 bits per heavy atom. The molecule has 3 aliphatic heterocycles. The minimum atomic E-state index is -4.11. The average molecular weight is 599 g/mol. The number of thiophene rings is 1. The molecule has 11 nitrogen and oxygen atoms in total. The van der Waals surface area contributed by atoms with Crippen LogP contribution in [-0.4, -0.2) is 87.3 Å². The first kappa shape index (κ1) is 28.6. The molecule has 1 unspecified atom stereocenters. The van der Waals surface area contributed by atoms with Gasteiger partial charge in [-0.2, -0.15) is 21.3 Å². The molecule has 4 heterocycles.